The van der Waals surface area contributed by atoms with Crippen molar-refractivity contribution >= 4 is 44.5 Å². The van der Waals surface area contributed by atoms with Crippen LogP contribution in [0.2, 0.25) is 10.3 Å². The first-order valence-corrected chi connectivity index (χ1v) is 9.01. The molecule has 22 heavy (non-hydrogen) atoms. The maximum absolute atomic E-state index is 12.4. The van der Waals surface area contributed by atoms with E-state index >= 15 is 0 Å². The molecule has 1 aromatic carbocycles. The second-order valence-electron chi connectivity index (χ2n) is 4.66. The number of rotatable bonds is 5. The van der Waals surface area contributed by atoms with E-state index in [1.54, 1.807) is 36.2 Å². The first-order chi connectivity index (χ1) is 10.4. The molecule has 0 fully saturated rings. The van der Waals surface area contributed by atoms with Crippen LogP contribution < -0.4 is 4.90 Å². The number of anilines is 2. The van der Waals surface area contributed by atoms with Crippen molar-refractivity contribution in [3.63, 3.8) is 0 Å². The molecule has 0 saturated heterocycles. The molecule has 0 spiro atoms. The predicted octanol–water partition coefficient (Wildman–Crippen LogP) is 3.74. The number of hydrogen-bond donors (Lipinski definition) is 0. The van der Waals surface area contributed by atoms with Gasteiger partial charge < -0.3 is 4.90 Å². The number of para-hydroxylation sites is 1. The Morgan fingerprint density at radius 3 is 2.59 bits per heavy atom. The van der Waals surface area contributed by atoms with Crippen LogP contribution in [0, 0.1) is 0 Å². The summed E-state index contributed by atoms with van der Waals surface area (Å²) in [5, 5.41) is 0.328. The molecule has 1 aromatic heterocycles. The van der Waals surface area contributed by atoms with Gasteiger partial charge in [-0.1, -0.05) is 30.7 Å². The second-order valence-corrected chi connectivity index (χ2v) is 7.48. The van der Waals surface area contributed by atoms with Crippen LogP contribution >= 0.6 is 23.2 Å². The first kappa shape index (κ1) is 17.0. The third-order valence-electron chi connectivity index (χ3n) is 3.05. The summed E-state index contributed by atoms with van der Waals surface area (Å²) >= 11 is 11.9. The van der Waals surface area contributed by atoms with Gasteiger partial charge in [0, 0.05) is 7.05 Å². The SMILES string of the molecule is CCCS(=O)(=O)c1ccccc1N(C)c1nc(Cl)ncc1Cl. The summed E-state index contributed by atoms with van der Waals surface area (Å²) in [6.45, 7) is 1.82. The van der Waals surface area contributed by atoms with E-state index in [9.17, 15) is 8.42 Å². The van der Waals surface area contributed by atoms with Gasteiger partial charge in [-0.2, -0.15) is 4.98 Å². The summed E-state index contributed by atoms with van der Waals surface area (Å²) in [5.41, 5.74) is 0.493. The summed E-state index contributed by atoms with van der Waals surface area (Å²) in [7, 11) is -1.69. The smallest absolute Gasteiger partial charge is 0.224 e. The van der Waals surface area contributed by atoms with Crippen molar-refractivity contribution in [2.75, 3.05) is 17.7 Å². The Kier molecular flexibility index (Phi) is 5.26. The highest BCUT2D eigenvalue weighted by Crippen LogP contribution is 2.33. The molecule has 0 radical (unpaired) electrons. The fourth-order valence-corrected chi connectivity index (χ4v) is 3.98. The largest absolute Gasteiger partial charge is 0.327 e. The van der Waals surface area contributed by atoms with E-state index in [2.05, 4.69) is 9.97 Å². The minimum Gasteiger partial charge on any atom is -0.327 e. The highest BCUT2D eigenvalue weighted by molar-refractivity contribution is 7.91. The quantitative estimate of drug-likeness (QED) is 0.760. The van der Waals surface area contributed by atoms with E-state index in [0.29, 0.717) is 17.9 Å². The topological polar surface area (TPSA) is 63.2 Å². The van der Waals surface area contributed by atoms with Crippen molar-refractivity contribution in [2.24, 2.45) is 0 Å². The van der Waals surface area contributed by atoms with Crippen molar-refractivity contribution in [1.29, 1.82) is 0 Å². The minimum atomic E-state index is -3.38. The van der Waals surface area contributed by atoms with E-state index in [0.717, 1.165) is 0 Å². The van der Waals surface area contributed by atoms with Gasteiger partial charge in [0.15, 0.2) is 15.7 Å². The average Bonchev–Trinajstić information content (AvgIpc) is 2.49. The third kappa shape index (κ3) is 3.51. The zero-order chi connectivity index (χ0) is 16.3. The maximum atomic E-state index is 12.4. The van der Waals surface area contributed by atoms with E-state index in [1.807, 2.05) is 6.92 Å². The highest BCUT2D eigenvalue weighted by atomic mass is 35.5. The van der Waals surface area contributed by atoms with Crippen LogP contribution in [0.3, 0.4) is 0 Å². The molecule has 0 unspecified atom stereocenters. The standard InChI is InChI=1S/C14H15Cl2N3O2S/c1-3-8-22(20,21)12-7-5-4-6-11(12)19(2)13-10(15)9-17-14(16)18-13/h4-7,9H,3,8H2,1-2H3. The number of sulfone groups is 1. The van der Waals surface area contributed by atoms with Crippen LogP contribution in [0.4, 0.5) is 11.5 Å². The Bertz CT molecular complexity index is 781. The van der Waals surface area contributed by atoms with Gasteiger partial charge in [0.25, 0.3) is 0 Å². The van der Waals surface area contributed by atoms with Crippen LogP contribution in [-0.2, 0) is 9.84 Å². The summed E-state index contributed by atoms with van der Waals surface area (Å²) in [5.74, 6) is 0.427. The lowest BCUT2D eigenvalue weighted by molar-refractivity contribution is 0.595. The van der Waals surface area contributed by atoms with Gasteiger partial charge >= 0.3 is 0 Å². The summed E-state index contributed by atoms with van der Waals surface area (Å²) in [4.78, 5) is 9.70. The molecule has 0 N–H and O–H groups in total. The molecule has 0 saturated carbocycles. The van der Waals surface area contributed by atoms with Crippen LogP contribution in [0.5, 0.6) is 0 Å². The molecular weight excluding hydrogens is 345 g/mol. The monoisotopic (exact) mass is 359 g/mol. The molecule has 0 aliphatic rings. The molecule has 8 heteroatoms. The van der Waals surface area contributed by atoms with Gasteiger partial charge in [-0.05, 0) is 30.2 Å². The molecule has 0 bridgehead atoms. The Hall–Kier alpha value is -1.37. The third-order valence-corrected chi connectivity index (χ3v) is 5.46. The lowest BCUT2D eigenvalue weighted by Crippen LogP contribution is -2.17. The fourth-order valence-electron chi connectivity index (χ4n) is 2.06. The molecule has 2 aromatic rings. The van der Waals surface area contributed by atoms with E-state index in [-0.39, 0.29) is 21.0 Å². The highest BCUT2D eigenvalue weighted by Gasteiger charge is 2.22. The first-order valence-electron chi connectivity index (χ1n) is 6.60. The van der Waals surface area contributed by atoms with Crippen molar-refractivity contribution in [3.8, 4) is 0 Å². The molecule has 0 atom stereocenters. The summed E-state index contributed by atoms with van der Waals surface area (Å²) in [6.07, 6.45) is 1.92. The van der Waals surface area contributed by atoms with Crippen LogP contribution in [0.25, 0.3) is 0 Å². The fraction of sp³-hybridized carbons (Fsp3) is 0.286. The van der Waals surface area contributed by atoms with Gasteiger partial charge in [0.2, 0.25) is 5.28 Å². The van der Waals surface area contributed by atoms with Gasteiger partial charge in [0.05, 0.1) is 22.5 Å². The van der Waals surface area contributed by atoms with Crippen LogP contribution in [-0.4, -0.2) is 31.2 Å². The van der Waals surface area contributed by atoms with Gasteiger partial charge in [-0.3, -0.25) is 0 Å². The molecule has 1 heterocycles. The minimum absolute atomic E-state index is 0.0418. The molecule has 0 aliphatic carbocycles. The lowest BCUT2D eigenvalue weighted by atomic mass is 10.3. The molecule has 5 nitrogen and oxygen atoms in total. The second kappa shape index (κ2) is 6.81. The van der Waals surface area contributed by atoms with Crippen molar-refractivity contribution in [2.45, 2.75) is 18.2 Å². The molecule has 0 amide bonds. The Morgan fingerprint density at radius 1 is 1.23 bits per heavy atom. The Balaban J connectivity index is 2.56. The van der Waals surface area contributed by atoms with Gasteiger partial charge in [0.1, 0.15) is 5.02 Å². The molecular formula is C14H15Cl2N3O2S. The number of hydrogen-bond acceptors (Lipinski definition) is 5. The van der Waals surface area contributed by atoms with Gasteiger partial charge in [-0.15, -0.1) is 0 Å². The Morgan fingerprint density at radius 2 is 1.91 bits per heavy atom. The van der Waals surface area contributed by atoms with Crippen molar-refractivity contribution in [3.05, 3.63) is 40.8 Å². The predicted molar refractivity (Wildman–Crippen MR) is 88.9 cm³/mol. The van der Waals surface area contributed by atoms with E-state index in [1.165, 1.54) is 6.20 Å². The van der Waals surface area contributed by atoms with Crippen LogP contribution in [0.1, 0.15) is 13.3 Å². The summed E-state index contributed by atoms with van der Waals surface area (Å²) in [6, 6.07) is 6.73. The molecule has 2 rings (SSSR count). The zero-order valence-corrected chi connectivity index (χ0v) is 14.5. The lowest BCUT2D eigenvalue weighted by Gasteiger charge is -2.22. The zero-order valence-electron chi connectivity index (χ0n) is 12.1. The van der Waals surface area contributed by atoms with E-state index in [4.69, 9.17) is 23.2 Å². The number of aromatic nitrogens is 2. The number of nitrogens with zero attached hydrogens (tertiary/aromatic N) is 3. The van der Waals surface area contributed by atoms with Crippen molar-refractivity contribution < 1.29 is 8.42 Å². The van der Waals surface area contributed by atoms with E-state index < -0.39 is 9.84 Å². The number of halogens is 2. The molecule has 118 valence electrons. The van der Waals surface area contributed by atoms with Crippen molar-refractivity contribution in [1.82, 2.24) is 9.97 Å². The number of benzene rings is 1. The van der Waals surface area contributed by atoms with Gasteiger partial charge in [-0.25, -0.2) is 13.4 Å². The average molecular weight is 360 g/mol. The molecule has 0 aliphatic heterocycles. The Labute approximate surface area is 139 Å². The van der Waals surface area contributed by atoms with Crippen LogP contribution in [0.15, 0.2) is 35.4 Å². The summed E-state index contributed by atoms with van der Waals surface area (Å²) < 4.78 is 24.8. The normalized spacial score (nSPS) is 11.5. The maximum Gasteiger partial charge on any atom is 0.224 e.